The Hall–Kier alpha value is -0.870. The van der Waals surface area contributed by atoms with Crippen molar-refractivity contribution in [1.29, 1.82) is 0 Å². The van der Waals surface area contributed by atoms with Gasteiger partial charge in [0.25, 0.3) is 0 Å². The second kappa shape index (κ2) is 4.55. The molecule has 0 saturated heterocycles. The lowest BCUT2D eigenvalue weighted by Crippen LogP contribution is -2.27. The highest BCUT2D eigenvalue weighted by Crippen LogP contribution is 2.27. The average Bonchev–Trinajstić information content (AvgIpc) is 2.26. The third kappa shape index (κ3) is 2.13. The van der Waals surface area contributed by atoms with Crippen LogP contribution in [0.4, 0.5) is 0 Å². The third-order valence-electron chi connectivity index (χ3n) is 2.92. The number of Topliss-reactive ketones (excluding diaryl/α,β-unsaturated/α-hetero) is 1. The van der Waals surface area contributed by atoms with Crippen molar-refractivity contribution in [1.82, 2.24) is 9.88 Å². The predicted molar refractivity (Wildman–Crippen MR) is 66.1 cm³/mol. The van der Waals surface area contributed by atoms with Gasteiger partial charge < -0.3 is 4.90 Å². The number of pyridine rings is 1. The quantitative estimate of drug-likeness (QED) is 0.581. The fourth-order valence-corrected chi connectivity index (χ4v) is 2.70. The van der Waals surface area contributed by atoms with Gasteiger partial charge in [0.1, 0.15) is 10.7 Å². The van der Waals surface area contributed by atoms with Gasteiger partial charge in [-0.3, -0.25) is 4.79 Å². The van der Waals surface area contributed by atoms with Crippen LogP contribution >= 0.6 is 11.8 Å². The standard InChI is InChI=1S/C12H16N2OS/c1-8(15)11-6-9-7-14(2)5-4-10(9)12(13-11)16-3/h6H,4-5,7H2,1-3H3. The summed E-state index contributed by atoms with van der Waals surface area (Å²) in [6, 6.07) is 1.95. The number of thioether (sulfide) groups is 1. The Balaban J connectivity index is 2.50. The van der Waals surface area contributed by atoms with E-state index in [0.717, 1.165) is 24.5 Å². The minimum atomic E-state index is 0.0475. The molecule has 0 spiro atoms. The molecule has 0 saturated carbocycles. The van der Waals surface area contributed by atoms with Gasteiger partial charge in [0, 0.05) is 20.0 Å². The zero-order valence-corrected chi connectivity index (χ0v) is 10.7. The van der Waals surface area contributed by atoms with Crippen molar-refractivity contribution in [3.63, 3.8) is 0 Å². The monoisotopic (exact) mass is 236 g/mol. The topological polar surface area (TPSA) is 33.2 Å². The zero-order chi connectivity index (χ0) is 11.7. The molecule has 86 valence electrons. The number of nitrogens with zero attached hydrogens (tertiary/aromatic N) is 2. The molecule has 0 N–H and O–H groups in total. The Morgan fingerprint density at radius 2 is 2.31 bits per heavy atom. The molecule has 1 aromatic rings. The van der Waals surface area contributed by atoms with E-state index in [1.54, 1.807) is 18.7 Å². The minimum absolute atomic E-state index is 0.0475. The average molecular weight is 236 g/mol. The Morgan fingerprint density at radius 1 is 1.56 bits per heavy atom. The molecule has 2 heterocycles. The molecule has 3 nitrogen and oxygen atoms in total. The van der Waals surface area contributed by atoms with Gasteiger partial charge in [-0.15, -0.1) is 11.8 Å². The van der Waals surface area contributed by atoms with E-state index < -0.39 is 0 Å². The lowest BCUT2D eigenvalue weighted by atomic mass is 10.0. The highest BCUT2D eigenvalue weighted by atomic mass is 32.2. The van der Waals surface area contributed by atoms with Crippen molar-refractivity contribution in [3.8, 4) is 0 Å². The molecule has 0 atom stereocenters. The van der Waals surface area contributed by atoms with Crippen molar-refractivity contribution >= 4 is 17.5 Å². The largest absolute Gasteiger partial charge is 0.302 e. The summed E-state index contributed by atoms with van der Waals surface area (Å²) in [5, 5.41) is 1.02. The second-order valence-electron chi connectivity index (χ2n) is 4.20. The van der Waals surface area contributed by atoms with Crippen LogP contribution in [0, 0.1) is 0 Å². The van der Waals surface area contributed by atoms with Crippen molar-refractivity contribution in [2.75, 3.05) is 19.8 Å². The van der Waals surface area contributed by atoms with E-state index in [1.807, 2.05) is 12.3 Å². The van der Waals surface area contributed by atoms with Crippen molar-refractivity contribution < 1.29 is 4.79 Å². The van der Waals surface area contributed by atoms with Gasteiger partial charge >= 0.3 is 0 Å². The molecule has 0 bridgehead atoms. The number of carbonyl (C=O) groups is 1. The molecule has 0 radical (unpaired) electrons. The lowest BCUT2D eigenvalue weighted by molar-refractivity contribution is 0.101. The number of hydrogen-bond donors (Lipinski definition) is 0. The SMILES string of the molecule is CSc1nc(C(C)=O)cc2c1CCN(C)C2. The number of rotatable bonds is 2. The first-order valence-corrected chi connectivity index (χ1v) is 6.60. The molecule has 1 aromatic heterocycles. The van der Waals surface area contributed by atoms with Crippen molar-refractivity contribution in [2.45, 2.75) is 24.9 Å². The van der Waals surface area contributed by atoms with Crippen molar-refractivity contribution in [3.05, 3.63) is 22.9 Å². The Labute approximate surface area is 100 Å². The summed E-state index contributed by atoms with van der Waals surface area (Å²) in [5.41, 5.74) is 3.19. The lowest BCUT2D eigenvalue weighted by Gasteiger charge is -2.26. The minimum Gasteiger partial charge on any atom is -0.302 e. The summed E-state index contributed by atoms with van der Waals surface area (Å²) < 4.78 is 0. The summed E-state index contributed by atoms with van der Waals surface area (Å²) in [7, 11) is 2.11. The van der Waals surface area contributed by atoms with Gasteiger partial charge in [-0.25, -0.2) is 4.98 Å². The normalized spacial score (nSPS) is 15.9. The first-order valence-electron chi connectivity index (χ1n) is 5.38. The number of ketones is 1. The number of fused-ring (bicyclic) bond motifs is 1. The maximum absolute atomic E-state index is 11.4. The summed E-state index contributed by atoms with van der Waals surface area (Å²) in [5.74, 6) is 0.0475. The first kappa shape index (κ1) is 11.6. The van der Waals surface area contributed by atoms with E-state index in [9.17, 15) is 4.79 Å². The van der Waals surface area contributed by atoms with E-state index in [2.05, 4.69) is 16.9 Å². The van der Waals surface area contributed by atoms with Crippen LogP contribution in [0.5, 0.6) is 0 Å². The van der Waals surface area contributed by atoms with Crippen LogP contribution < -0.4 is 0 Å². The van der Waals surface area contributed by atoms with Crippen LogP contribution in [0.3, 0.4) is 0 Å². The Kier molecular flexibility index (Phi) is 3.30. The van der Waals surface area contributed by atoms with E-state index >= 15 is 0 Å². The molecule has 0 aromatic carbocycles. The fourth-order valence-electron chi connectivity index (χ4n) is 2.03. The molecule has 0 amide bonds. The van der Waals surface area contributed by atoms with Crippen LogP contribution in [-0.4, -0.2) is 35.5 Å². The molecular weight excluding hydrogens is 220 g/mol. The Bertz CT molecular complexity index is 431. The summed E-state index contributed by atoms with van der Waals surface area (Å²) in [4.78, 5) is 18.1. The third-order valence-corrected chi connectivity index (χ3v) is 3.64. The van der Waals surface area contributed by atoms with Gasteiger partial charge in [-0.1, -0.05) is 0 Å². The smallest absolute Gasteiger partial charge is 0.178 e. The molecule has 0 unspecified atom stereocenters. The Morgan fingerprint density at radius 3 is 2.94 bits per heavy atom. The number of carbonyl (C=O) groups excluding carboxylic acids is 1. The molecule has 0 fully saturated rings. The van der Waals surface area contributed by atoms with Crippen LogP contribution in [0.25, 0.3) is 0 Å². The summed E-state index contributed by atoms with van der Waals surface area (Å²) in [6.45, 7) is 3.57. The molecule has 0 aliphatic carbocycles. The molecule has 4 heteroatoms. The maximum atomic E-state index is 11.4. The first-order chi connectivity index (χ1) is 7.61. The van der Waals surface area contributed by atoms with Gasteiger partial charge in [0.2, 0.25) is 0 Å². The molecule has 1 aliphatic heterocycles. The molecule has 1 aliphatic rings. The van der Waals surface area contributed by atoms with E-state index in [0.29, 0.717) is 5.69 Å². The van der Waals surface area contributed by atoms with Crippen LogP contribution in [0.2, 0.25) is 0 Å². The molecular formula is C12H16N2OS. The van der Waals surface area contributed by atoms with Crippen LogP contribution in [-0.2, 0) is 13.0 Å². The van der Waals surface area contributed by atoms with Gasteiger partial charge in [0.05, 0.1) is 0 Å². The summed E-state index contributed by atoms with van der Waals surface area (Å²) in [6.07, 6.45) is 3.05. The van der Waals surface area contributed by atoms with E-state index in [4.69, 9.17) is 0 Å². The highest BCUT2D eigenvalue weighted by molar-refractivity contribution is 7.98. The molecule has 16 heavy (non-hydrogen) atoms. The van der Waals surface area contributed by atoms with Gasteiger partial charge in [-0.05, 0) is 36.9 Å². The maximum Gasteiger partial charge on any atom is 0.178 e. The number of likely N-dealkylation sites (N-methyl/N-ethyl adjacent to an activating group) is 1. The summed E-state index contributed by atoms with van der Waals surface area (Å²) >= 11 is 1.63. The van der Waals surface area contributed by atoms with Gasteiger partial charge in [0.15, 0.2) is 5.78 Å². The highest BCUT2D eigenvalue weighted by Gasteiger charge is 2.19. The predicted octanol–water partition coefficient (Wildman–Crippen LogP) is 1.99. The number of hydrogen-bond acceptors (Lipinski definition) is 4. The van der Waals surface area contributed by atoms with E-state index in [-0.39, 0.29) is 5.78 Å². The van der Waals surface area contributed by atoms with Crippen LogP contribution in [0.1, 0.15) is 28.5 Å². The van der Waals surface area contributed by atoms with Crippen LogP contribution in [0.15, 0.2) is 11.1 Å². The second-order valence-corrected chi connectivity index (χ2v) is 4.99. The fraction of sp³-hybridized carbons (Fsp3) is 0.500. The zero-order valence-electron chi connectivity index (χ0n) is 9.91. The molecule has 2 rings (SSSR count). The van der Waals surface area contributed by atoms with Gasteiger partial charge in [-0.2, -0.15) is 0 Å². The number of aromatic nitrogens is 1. The van der Waals surface area contributed by atoms with Crippen molar-refractivity contribution in [2.24, 2.45) is 0 Å². The van der Waals surface area contributed by atoms with E-state index in [1.165, 1.54) is 11.1 Å².